The Balaban J connectivity index is 2.00. The maximum atomic E-state index is 12.2. The van der Waals surface area contributed by atoms with E-state index in [-0.39, 0.29) is 5.91 Å². The topological polar surface area (TPSA) is 59.2 Å². The number of aromatic nitrogens is 1. The molecule has 1 amide bonds. The summed E-state index contributed by atoms with van der Waals surface area (Å²) < 4.78 is 0. The first-order valence-electron chi connectivity index (χ1n) is 6.07. The van der Waals surface area contributed by atoms with Gasteiger partial charge in [-0.2, -0.15) is 0 Å². The van der Waals surface area contributed by atoms with E-state index in [4.69, 9.17) is 5.73 Å². The molecule has 0 aliphatic carbocycles. The van der Waals surface area contributed by atoms with Gasteiger partial charge in [-0.25, -0.2) is 4.98 Å². The Morgan fingerprint density at radius 1 is 1.71 bits per heavy atom. The molecule has 94 valence electrons. The number of hydrogen-bond donors (Lipinski definition) is 1. The number of likely N-dealkylation sites (tertiary alicyclic amines) is 1. The lowest BCUT2D eigenvalue weighted by molar-refractivity contribution is -0.132. The van der Waals surface area contributed by atoms with Crippen molar-refractivity contribution in [2.45, 2.75) is 39.2 Å². The molecule has 0 spiro atoms. The summed E-state index contributed by atoms with van der Waals surface area (Å²) >= 11 is 1.39. The molecule has 1 aliphatic rings. The van der Waals surface area contributed by atoms with E-state index in [1.54, 1.807) is 0 Å². The number of amides is 1. The van der Waals surface area contributed by atoms with Crippen LogP contribution in [0.4, 0.5) is 5.13 Å². The van der Waals surface area contributed by atoms with Gasteiger partial charge in [0.05, 0.1) is 12.1 Å². The third-order valence-electron chi connectivity index (χ3n) is 3.29. The van der Waals surface area contributed by atoms with Crippen LogP contribution in [0.15, 0.2) is 5.38 Å². The van der Waals surface area contributed by atoms with Crippen molar-refractivity contribution in [3.63, 3.8) is 0 Å². The van der Waals surface area contributed by atoms with Gasteiger partial charge in [0, 0.05) is 18.0 Å². The third kappa shape index (κ3) is 2.77. The number of anilines is 1. The molecule has 0 bridgehead atoms. The monoisotopic (exact) mass is 253 g/mol. The zero-order chi connectivity index (χ0) is 12.4. The van der Waals surface area contributed by atoms with Crippen LogP contribution in [-0.4, -0.2) is 28.4 Å². The summed E-state index contributed by atoms with van der Waals surface area (Å²) in [6.45, 7) is 5.25. The molecule has 0 saturated carbocycles. The van der Waals surface area contributed by atoms with Gasteiger partial charge in [0.15, 0.2) is 5.13 Å². The highest BCUT2D eigenvalue weighted by Crippen LogP contribution is 2.24. The van der Waals surface area contributed by atoms with Crippen molar-refractivity contribution in [2.24, 2.45) is 5.92 Å². The van der Waals surface area contributed by atoms with E-state index < -0.39 is 0 Å². The minimum Gasteiger partial charge on any atom is -0.375 e. The molecule has 1 saturated heterocycles. The largest absolute Gasteiger partial charge is 0.375 e. The molecular formula is C12H19N3OS. The number of carbonyl (C=O) groups excluding carboxylic acids is 1. The van der Waals surface area contributed by atoms with E-state index in [9.17, 15) is 4.79 Å². The summed E-state index contributed by atoms with van der Waals surface area (Å²) in [4.78, 5) is 18.3. The Hall–Kier alpha value is -1.10. The van der Waals surface area contributed by atoms with E-state index in [1.807, 2.05) is 10.3 Å². The van der Waals surface area contributed by atoms with Crippen LogP contribution in [0.3, 0.4) is 0 Å². The molecular weight excluding hydrogens is 234 g/mol. The van der Waals surface area contributed by atoms with Crippen LogP contribution in [0.2, 0.25) is 0 Å². The van der Waals surface area contributed by atoms with E-state index in [1.165, 1.54) is 11.3 Å². The second-order valence-corrected chi connectivity index (χ2v) is 5.78. The van der Waals surface area contributed by atoms with Gasteiger partial charge in [-0.05, 0) is 18.8 Å². The number of nitrogens with two attached hydrogens (primary N) is 1. The van der Waals surface area contributed by atoms with Crippen molar-refractivity contribution in [1.82, 2.24) is 9.88 Å². The van der Waals surface area contributed by atoms with Crippen LogP contribution in [0.1, 0.15) is 32.4 Å². The van der Waals surface area contributed by atoms with E-state index in [2.05, 4.69) is 18.8 Å². The zero-order valence-electron chi connectivity index (χ0n) is 10.3. The van der Waals surface area contributed by atoms with Gasteiger partial charge in [-0.15, -0.1) is 11.3 Å². The average molecular weight is 253 g/mol. The standard InChI is InChI=1S/C12H19N3OS/c1-8(2)10-4-3-5-15(10)11(16)6-9-7-17-12(13)14-9/h7-8,10H,3-6H2,1-2H3,(H2,13,14). The van der Waals surface area contributed by atoms with E-state index in [0.717, 1.165) is 25.1 Å². The van der Waals surface area contributed by atoms with Crippen LogP contribution in [0, 0.1) is 5.92 Å². The first-order chi connectivity index (χ1) is 8.08. The fraction of sp³-hybridized carbons (Fsp3) is 0.667. The fourth-order valence-electron chi connectivity index (χ4n) is 2.46. The normalized spacial score (nSPS) is 20.2. The van der Waals surface area contributed by atoms with Crippen LogP contribution in [0.25, 0.3) is 0 Å². The van der Waals surface area contributed by atoms with Gasteiger partial charge >= 0.3 is 0 Å². The molecule has 17 heavy (non-hydrogen) atoms. The molecule has 2 heterocycles. The summed E-state index contributed by atoms with van der Waals surface area (Å²) in [7, 11) is 0. The molecule has 1 aliphatic heterocycles. The number of nitrogens with zero attached hydrogens (tertiary/aromatic N) is 2. The first kappa shape index (κ1) is 12.4. The number of hydrogen-bond acceptors (Lipinski definition) is 4. The van der Waals surface area contributed by atoms with Gasteiger partial charge < -0.3 is 10.6 Å². The molecule has 1 unspecified atom stereocenters. The third-order valence-corrected chi connectivity index (χ3v) is 4.01. The van der Waals surface area contributed by atoms with Gasteiger partial charge in [-0.1, -0.05) is 13.8 Å². The molecule has 2 rings (SSSR count). The van der Waals surface area contributed by atoms with Crippen molar-refractivity contribution in [2.75, 3.05) is 12.3 Å². The summed E-state index contributed by atoms with van der Waals surface area (Å²) in [6, 6.07) is 0.401. The Kier molecular flexibility index (Phi) is 3.66. The highest BCUT2D eigenvalue weighted by Gasteiger charge is 2.30. The molecule has 4 nitrogen and oxygen atoms in total. The maximum Gasteiger partial charge on any atom is 0.228 e. The summed E-state index contributed by atoms with van der Waals surface area (Å²) in [6.07, 6.45) is 2.63. The van der Waals surface area contributed by atoms with E-state index >= 15 is 0 Å². The lowest BCUT2D eigenvalue weighted by Gasteiger charge is -2.27. The van der Waals surface area contributed by atoms with Crippen LogP contribution in [-0.2, 0) is 11.2 Å². The molecule has 1 aromatic heterocycles. The highest BCUT2D eigenvalue weighted by atomic mass is 32.1. The van der Waals surface area contributed by atoms with Crippen molar-refractivity contribution in [3.05, 3.63) is 11.1 Å². The lowest BCUT2D eigenvalue weighted by atomic mass is 10.0. The highest BCUT2D eigenvalue weighted by molar-refractivity contribution is 7.13. The SMILES string of the molecule is CC(C)C1CCCN1C(=O)Cc1csc(N)n1. The smallest absolute Gasteiger partial charge is 0.228 e. The quantitative estimate of drug-likeness (QED) is 0.895. The van der Waals surface area contributed by atoms with Gasteiger partial charge in [-0.3, -0.25) is 4.79 Å². The first-order valence-corrected chi connectivity index (χ1v) is 6.95. The molecule has 2 N–H and O–H groups in total. The van der Waals surface area contributed by atoms with Crippen molar-refractivity contribution >= 4 is 22.4 Å². The van der Waals surface area contributed by atoms with Crippen molar-refractivity contribution < 1.29 is 4.79 Å². The van der Waals surface area contributed by atoms with Gasteiger partial charge in [0.25, 0.3) is 0 Å². The van der Waals surface area contributed by atoms with Crippen LogP contribution < -0.4 is 5.73 Å². The Labute approximate surface area is 106 Å². The Bertz CT molecular complexity index is 402. The number of rotatable bonds is 3. The Morgan fingerprint density at radius 2 is 2.47 bits per heavy atom. The van der Waals surface area contributed by atoms with E-state index in [0.29, 0.717) is 23.5 Å². The molecule has 0 radical (unpaired) electrons. The van der Waals surface area contributed by atoms with Crippen molar-refractivity contribution in [1.29, 1.82) is 0 Å². The predicted octanol–water partition coefficient (Wildman–Crippen LogP) is 1.91. The second-order valence-electron chi connectivity index (χ2n) is 4.89. The second kappa shape index (κ2) is 5.04. The van der Waals surface area contributed by atoms with Crippen molar-refractivity contribution in [3.8, 4) is 0 Å². The Morgan fingerprint density at radius 3 is 3.06 bits per heavy atom. The summed E-state index contributed by atoms with van der Waals surface area (Å²) in [5.41, 5.74) is 6.36. The molecule has 1 fully saturated rings. The van der Waals surface area contributed by atoms with Crippen LogP contribution in [0.5, 0.6) is 0 Å². The number of nitrogen functional groups attached to an aromatic ring is 1. The predicted molar refractivity (Wildman–Crippen MR) is 69.8 cm³/mol. The minimum absolute atomic E-state index is 0.187. The maximum absolute atomic E-state index is 12.2. The lowest BCUT2D eigenvalue weighted by Crippen LogP contribution is -2.39. The van der Waals surface area contributed by atoms with Crippen LogP contribution >= 0.6 is 11.3 Å². The fourth-order valence-corrected chi connectivity index (χ4v) is 3.02. The molecule has 5 heteroatoms. The summed E-state index contributed by atoms with van der Waals surface area (Å²) in [5, 5.41) is 2.41. The summed E-state index contributed by atoms with van der Waals surface area (Å²) in [5.74, 6) is 0.716. The number of thiazole rings is 1. The average Bonchev–Trinajstić information content (AvgIpc) is 2.86. The molecule has 1 atom stereocenters. The minimum atomic E-state index is 0.187. The zero-order valence-corrected chi connectivity index (χ0v) is 11.2. The molecule has 1 aromatic rings. The van der Waals surface area contributed by atoms with Gasteiger partial charge in [0.2, 0.25) is 5.91 Å². The van der Waals surface area contributed by atoms with Gasteiger partial charge in [0.1, 0.15) is 0 Å². The molecule has 0 aromatic carbocycles. The number of carbonyl (C=O) groups is 1.